The third-order valence-electron chi connectivity index (χ3n) is 2.96. The second kappa shape index (κ2) is 3.74. The van der Waals surface area contributed by atoms with Gasteiger partial charge in [0.1, 0.15) is 5.75 Å². The van der Waals surface area contributed by atoms with E-state index in [1.54, 1.807) is 13.2 Å². The molecule has 15 heavy (non-hydrogen) atoms. The molecule has 0 bridgehead atoms. The molecule has 0 saturated heterocycles. The van der Waals surface area contributed by atoms with Gasteiger partial charge >= 0.3 is 0 Å². The number of benzene rings is 1. The number of ether oxygens (including phenoxy) is 1. The number of anilines is 1. The van der Waals surface area contributed by atoms with Crippen molar-refractivity contribution in [3.05, 3.63) is 23.8 Å². The lowest BCUT2D eigenvalue weighted by molar-refractivity contribution is 0.144. The number of hydrogen-bond donors (Lipinski definition) is 2. The maximum Gasteiger partial charge on any atom is 0.138 e. The van der Waals surface area contributed by atoms with Crippen LogP contribution in [0.5, 0.6) is 5.75 Å². The summed E-state index contributed by atoms with van der Waals surface area (Å²) in [6.45, 7) is 2.77. The first-order chi connectivity index (χ1) is 7.14. The minimum Gasteiger partial charge on any atom is -0.506 e. The number of nitrogens with one attached hydrogen (secondary N) is 1. The number of para-hydroxylation sites is 1. The van der Waals surface area contributed by atoms with E-state index in [0.717, 1.165) is 18.5 Å². The Labute approximate surface area is 90.1 Å². The molecule has 3 nitrogen and oxygen atoms in total. The van der Waals surface area contributed by atoms with E-state index in [1.165, 1.54) is 5.56 Å². The van der Waals surface area contributed by atoms with Gasteiger partial charge in [0.2, 0.25) is 0 Å². The highest BCUT2D eigenvalue weighted by Crippen LogP contribution is 2.36. The number of phenols is 1. The molecule has 0 radical (unpaired) electrons. The highest BCUT2D eigenvalue weighted by atomic mass is 16.5. The molecule has 3 heteroatoms. The normalized spacial score (nSPS) is 24.4. The fourth-order valence-electron chi connectivity index (χ4n) is 2.14. The minimum atomic E-state index is -0.0689. The molecule has 1 heterocycles. The maximum absolute atomic E-state index is 9.75. The Kier molecular flexibility index (Phi) is 2.57. The van der Waals surface area contributed by atoms with Crippen LogP contribution in [0.4, 0.5) is 5.69 Å². The van der Waals surface area contributed by atoms with Crippen LogP contribution in [0.3, 0.4) is 0 Å². The summed E-state index contributed by atoms with van der Waals surface area (Å²) < 4.78 is 5.20. The number of phenolic OH excluding ortho intramolecular Hbond substituents is 1. The zero-order valence-electron chi connectivity index (χ0n) is 9.21. The lowest BCUT2D eigenvalue weighted by atomic mass is 9.88. The van der Waals surface area contributed by atoms with Crippen LogP contribution < -0.4 is 5.32 Å². The van der Waals surface area contributed by atoms with E-state index in [9.17, 15) is 5.11 Å². The Morgan fingerprint density at radius 3 is 3.07 bits per heavy atom. The zero-order valence-corrected chi connectivity index (χ0v) is 9.21. The predicted octanol–water partition coefficient (Wildman–Crippen LogP) is 2.16. The molecule has 0 fully saturated rings. The standard InChI is InChI=1S/C12H17NO2/c1-12(8-15-2)7-6-9-4-3-5-10(14)11(9)13-12/h3-5,13-14H,6-8H2,1-2H3. The molecule has 82 valence electrons. The van der Waals surface area contributed by atoms with Crippen molar-refractivity contribution in [1.29, 1.82) is 0 Å². The van der Waals surface area contributed by atoms with E-state index in [-0.39, 0.29) is 5.54 Å². The van der Waals surface area contributed by atoms with Crippen LogP contribution in [-0.4, -0.2) is 24.4 Å². The van der Waals surface area contributed by atoms with E-state index in [1.807, 2.05) is 6.07 Å². The van der Waals surface area contributed by atoms with Gasteiger partial charge in [-0.1, -0.05) is 12.1 Å². The van der Waals surface area contributed by atoms with Gasteiger partial charge in [-0.15, -0.1) is 0 Å². The summed E-state index contributed by atoms with van der Waals surface area (Å²) in [5.41, 5.74) is 1.98. The molecule has 0 aliphatic carbocycles. The van der Waals surface area contributed by atoms with Crippen molar-refractivity contribution >= 4 is 5.69 Å². The molecule has 0 amide bonds. The van der Waals surface area contributed by atoms with Crippen LogP contribution in [-0.2, 0) is 11.2 Å². The molecular weight excluding hydrogens is 190 g/mol. The molecule has 0 saturated carbocycles. The van der Waals surface area contributed by atoms with Crippen LogP contribution in [0.15, 0.2) is 18.2 Å². The van der Waals surface area contributed by atoms with E-state index in [2.05, 4.69) is 18.3 Å². The monoisotopic (exact) mass is 207 g/mol. The van der Waals surface area contributed by atoms with E-state index >= 15 is 0 Å². The predicted molar refractivity (Wildman–Crippen MR) is 60.3 cm³/mol. The topological polar surface area (TPSA) is 41.5 Å². The van der Waals surface area contributed by atoms with Crippen LogP contribution in [0.1, 0.15) is 18.9 Å². The summed E-state index contributed by atoms with van der Waals surface area (Å²) in [6.07, 6.45) is 2.01. The highest BCUT2D eigenvalue weighted by molar-refractivity contribution is 5.64. The first-order valence-corrected chi connectivity index (χ1v) is 5.23. The van der Waals surface area contributed by atoms with Crippen molar-refractivity contribution in [1.82, 2.24) is 0 Å². The molecule has 0 aromatic heterocycles. The molecule has 0 spiro atoms. The number of methoxy groups -OCH3 is 1. The second-order valence-corrected chi connectivity index (χ2v) is 4.43. The Morgan fingerprint density at radius 1 is 1.53 bits per heavy atom. The molecular formula is C12H17NO2. The lowest BCUT2D eigenvalue weighted by Gasteiger charge is -2.36. The first-order valence-electron chi connectivity index (χ1n) is 5.23. The molecule has 1 aromatic carbocycles. The van der Waals surface area contributed by atoms with Crippen molar-refractivity contribution < 1.29 is 9.84 Å². The molecule has 2 N–H and O–H groups in total. The van der Waals surface area contributed by atoms with Gasteiger partial charge in [0.05, 0.1) is 17.8 Å². The summed E-state index contributed by atoms with van der Waals surface area (Å²) in [5, 5.41) is 13.1. The van der Waals surface area contributed by atoms with Gasteiger partial charge in [-0.05, 0) is 31.4 Å². The first kappa shape index (κ1) is 10.3. The molecule has 1 unspecified atom stereocenters. The molecule has 2 rings (SSSR count). The molecule has 1 aliphatic heterocycles. The molecule has 1 aromatic rings. The van der Waals surface area contributed by atoms with Crippen molar-refractivity contribution in [2.75, 3.05) is 19.0 Å². The van der Waals surface area contributed by atoms with Crippen molar-refractivity contribution in [3.8, 4) is 5.75 Å². The summed E-state index contributed by atoms with van der Waals surface area (Å²) in [4.78, 5) is 0. The zero-order chi connectivity index (χ0) is 10.9. The van der Waals surface area contributed by atoms with Gasteiger partial charge < -0.3 is 15.2 Å². The Morgan fingerprint density at radius 2 is 2.33 bits per heavy atom. The lowest BCUT2D eigenvalue weighted by Crippen LogP contribution is -2.42. The number of hydrogen-bond acceptors (Lipinski definition) is 3. The summed E-state index contributed by atoms with van der Waals surface area (Å²) in [7, 11) is 1.70. The van der Waals surface area contributed by atoms with E-state index in [4.69, 9.17) is 4.74 Å². The average Bonchev–Trinajstić information content (AvgIpc) is 2.20. The van der Waals surface area contributed by atoms with Gasteiger partial charge in [-0.25, -0.2) is 0 Å². The Balaban J connectivity index is 2.29. The van der Waals surface area contributed by atoms with E-state index < -0.39 is 0 Å². The maximum atomic E-state index is 9.75. The smallest absolute Gasteiger partial charge is 0.138 e. The van der Waals surface area contributed by atoms with Gasteiger partial charge in [-0.2, -0.15) is 0 Å². The highest BCUT2D eigenvalue weighted by Gasteiger charge is 2.30. The third kappa shape index (κ3) is 1.92. The van der Waals surface area contributed by atoms with Gasteiger partial charge in [0.15, 0.2) is 0 Å². The number of rotatable bonds is 2. The number of aryl methyl sites for hydroxylation is 1. The summed E-state index contributed by atoms with van der Waals surface area (Å²) in [5.74, 6) is 0.328. The van der Waals surface area contributed by atoms with Crippen molar-refractivity contribution in [3.63, 3.8) is 0 Å². The van der Waals surface area contributed by atoms with Crippen LogP contribution in [0.25, 0.3) is 0 Å². The van der Waals surface area contributed by atoms with Crippen molar-refractivity contribution in [2.24, 2.45) is 0 Å². The van der Waals surface area contributed by atoms with Crippen LogP contribution in [0, 0.1) is 0 Å². The summed E-state index contributed by atoms with van der Waals surface area (Å²) in [6, 6.07) is 5.65. The number of fused-ring (bicyclic) bond motifs is 1. The van der Waals surface area contributed by atoms with Crippen molar-refractivity contribution in [2.45, 2.75) is 25.3 Å². The second-order valence-electron chi connectivity index (χ2n) is 4.43. The van der Waals surface area contributed by atoms with Crippen LogP contribution >= 0.6 is 0 Å². The molecule has 1 aliphatic rings. The summed E-state index contributed by atoms with van der Waals surface area (Å²) >= 11 is 0. The number of aromatic hydroxyl groups is 1. The Hall–Kier alpha value is -1.22. The van der Waals surface area contributed by atoms with E-state index in [0.29, 0.717) is 12.4 Å². The SMILES string of the molecule is COCC1(C)CCc2cccc(O)c2N1. The van der Waals surface area contributed by atoms with Gasteiger partial charge in [0, 0.05) is 7.11 Å². The largest absolute Gasteiger partial charge is 0.506 e. The quantitative estimate of drug-likeness (QED) is 0.730. The minimum absolute atomic E-state index is 0.0689. The third-order valence-corrected chi connectivity index (χ3v) is 2.96. The molecule has 1 atom stereocenters. The average molecular weight is 207 g/mol. The van der Waals surface area contributed by atoms with Gasteiger partial charge in [-0.3, -0.25) is 0 Å². The van der Waals surface area contributed by atoms with Gasteiger partial charge in [0.25, 0.3) is 0 Å². The fourth-order valence-corrected chi connectivity index (χ4v) is 2.14. The Bertz CT molecular complexity index is 365. The van der Waals surface area contributed by atoms with Crippen LogP contribution in [0.2, 0.25) is 0 Å². The fraction of sp³-hybridized carbons (Fsp3) is 0.500.